The van der Waals surface area contributed by atoms with Crippen LogP contribution in [-0.2, 0) is 6.61 Å². The number of hydrogen-bond acceptors (Lipinski definition) is 4. The first-order valence-corrected chi connectivity index (χ1v) is 7.57. The molecule has 1 aromatic heterocycles. The molecular formula is C19H17N3O2. The topological polar surface area (TPSA) is 55.3 Å². The molecule has 5 heteroatoms. The van der Waals surface area contributed by atoms with Gasteiger partial charge in [0.15, 0.2) is 5.69 Å². The maximum atomic E-state index is 12.5. The minimum absolute atomic E-state index is 0.237. The molecule has 120 valence electrons. The molecule has 0 unspecified atom stereocenters. The highest BCUT2D eigenvalue weighted by Crippen LogP contribution is 2.28. The number of ether oxygens (including phenoxy) is 1. The van der Waals surface area contributed by atoms with Crippen molar-refractivity contribution in [2.45, 2.75) is 6.61 Å². The van der Waals surface area contributed by atoms with Gasteiger partial charge in [0.1, 0.15) is 12.4 Å². The lowest BCUT2D eigenvalue weighted by Crippen LogP contribution is -2.27. The summed E-state index contributed by atoms with van der Waals surface area (Å²) in [5.74, 6) is 0.403. The molecule has 0 aliphatic heterocycles. The van der Waals surface area contributed by atoms with Gasteiger partial charge in [-0.2, -0.15) is 5.10 Å². The number of amides is 1. The molecule has 0 radical (unpaired) electrons. The molecule has 0 aliphatic rings. The van der Waals surface area contributed by atoms with Crippen molar-refractivity contribution in [1.82, 2.24) is 10.2 Å². The number of anilines is 1. The quantitative estimate of drug-likeness (QED) is 0.724. The van der Waals surface area contributed by atoms with Crippen molar-refractivity contribution in [3.63, 3.8) is 0 Å². The van der Waals surface area contributed by atoms with Gasteiger partial charge in [-0.15, -0.1) is 5.10 Å². The molecule has 0 saturated carbocycles. The third kappa shape index (κ3) is 3.57. The second kappa shape index (κ2) is 7.37. The van der Waals surface area contributed by atoms with Crippen molar-refractivity contribution in [1.29, 1.82) is 0 Å². The maximum absolute atomic E-state index is 12.5. The van der Waals surface area contributed by atoms with E-state index >= 15 is 0 Å². The van der Waals surface area contributed by atoms with Gasteiger partial charge in [0.05, 0.1) is 5.69 Å². The summed E-state index contributed by atoms with van der Waals surface area (Å²) in [7, 11) is 1.70. The molecule has 0 spiro atoms. The smallest absolute Gasteiger partial charge is 0.278 e. The van der Waals surface area contributed by atoms with E-state index in [0.717, 1.165) is 5.56 Å². The Kier molecular flexibility index (Phi) is 4.81. The summed E-state index contributed by atoms with van der Waals surface area (Å²) in [5, 5.41) is 7.62. The normalized spacial score (nSPS) is 10.2. The number of rotatable bonds is 5. The predicted octanol–water partition coefficient (Wildman–Crippen LogP) is 3.33. The van der Waals surface area contributed by atoms with E-state index in [1.165, 1.54) is 11.1 Å². The highest BCUT2D eigenvalue weighted by molar-refractivity contribution is 6.05. The second-order valence-electron chi connectivity index (χ2n) is 5.22. The largest absolute Gasteiger partial charge is 0.487 e. The van der Waals surface area contributed by atoms with Crippen LogP contribution in [-0.4, -0.2) is 23.2 Å². The summed E-state index contributed by atoms with van der Waals surface area (Å²) in [6.07, 6.45) is 1.54. The molecule has 24 heavy (non-hydrogen) atoms. The summed E-state index contributed by atoms with van der Waals surface area (Å²) in [5.41, 5.74) is 2.04. The summed E-state index contributed by atoms with van der Waals surface area (Å²) in [6, 6.07) is 20.6. The molecule has 1 heterocycles. The van der Waals surface area contributed by atoms with Crippen LogP contribution in [0.3, 0.4) is 0 Å². The number of nitrogens with zero attached hydrogens (tertiary/aromatic N) is 3. The van der Waals surface area contributed by atoms with E-state index < -0.39 is 0 Å². The maximum Gasteiger partial charge on any atom is 0.278 e. The van der Waals surface area contributed by atoms with Crippen LogP contribution in [0, 0.1) is 0 Å². The van der Waals surface area contributed by atoms with E-state index in [2.05, 4.69) is 10.2 Å². The number of benzene rings is 2. The van der Waals surface area contributed by atoms with Gasteiger partial charge in [0.2, 0.25) is 0 Å². The fourth-order valence-electron chi connectivity index (χ4n) is 2.29. The van der Waals surface area contributed by atoms with Gasteiger partial charge in [-0.25, -0.2) is 0 Å². The first-order valence-electron chi connectivity index (χ1n) is 7.57. The Hall–Kier alpha value is -3.21. The Labute approximate surface area is 140 Å². The first kappa shape index (κ1) is 15.7. The Morgan fingerprint density at radius 2 is 1.75 bits per heavy atom. The van der Waals surface area contributed by atoms with E-state index in [9.17, 15) is 4.79 Å². The van der Waals surface area contributed by atoms with Crippen LogP contribution in [0.4, 0.5) is 5.69 Å². The molecule has 0 fully saturated rings. The summed E-state index contributed by atoms with van der Waals surface area (Å²) < 4.78 is 5.90. The highest BCUT2D eigenvalue weighted by atomic mass is 16.5. The lowest BCUT2D eigenvalue weighted by atomic mass is 10.2. The molecule has 1 amide bonds. The van der Waals surface area contributed by atoms with Crippen molar-refractivity contribution in [3.8, 4) is 5.75 Å². The average molecular weight is 319 g/mol. The van der Waals surface area contributed by atoms with Crippen LogP contribution in [0.15, 0.2) is 72.9 Å². The second-order valence-corrected chi connectivity index (χ2v) is 5.22. The molecule has 0 N–H and O–H groups in total. The molecule has 0 atom stereocenters. The molecule has 0 bridgehead atoms. The van der Waals surface area contributed by atoms with E-state index in [4.69, 9.17) is 4.74 Å². The molecule has 3 aromatic rings. The zero-order valence-electron chi connectivity index (χ0n) is 13.3. The standard InChI is InChI=1S/C19H17N3O2/c1-22(19(23)16-10-7-13-20-21-16)17-11-5-6-12-18(17)24-14-15-8-3-2-4-9-15/h2-13H,14H2,1H3. The van der Waals surface area contributed by atoms with Crippen molar-refractivity contribution in [2.75, 3.05) is 11.9 Å². The Balaban J connectivity index is 1.79. The van der Waals surface area contributed by atoms with E-state index in [0.29, 0.717) is 18.0 Å². The molecular weight excluding hydrogens is 302 g/mol. The zero-order chi connectivity index (χ0) is 16.8. The molecule has 3 rings (SSSR count). The Morgan fingerprint density at radius 1 is 1.00 bits per heavy atom. The molecule has 2 aromatic carbocycles. The lowest BCUT2D eigenvalue weighted by Gasteiger charge is -2.20. The first-order chi connectivity index (χ1) is 11.8. The lowest BCUT2D eigenvalue weighted by molar-refractivity contribution is 0.0986. The van der Waals surface area contributed by atoms with Gasteiger partial charge in [0.25, 0.3) is 5.91 Å². The van der Waals surface area contributed by atoms with E-state index in [1.807, 2.05) is 54.6 Å². The summed E-state index contributed by atoms with van der Waals surface area (Å²) in [4.78, 5) is 14.1. The molecule has 0 aliphatic carbocycles. The van der Waals surface area contributed by atoms with Gasteiger partial charge in [0, 0.05) is 13.2 Å². The van der Waals surface area contributed by atoms with E-state index in [1.54, 1.807) is 19.2 Å². The van der Waals surface area contributed by atoms with Crippen LogP contribution in [0.5, 0.6) is 5.75 Å². The predicted molar refractivity (Wildman–Crippen MR) is 92.0 cm³/mol. The van der Waals surface area contributed by atoms with Gasteiger partial charge in [-0.3, -0.25) is 4.79 Å². The Morgan fingerprint density at radius 3 is 2.50 bits per heavy atom. The van der Waals surface area contributed by atoms with E-state index in [-0.39, 0.29) is 11.6 Å². The van der Waals surface area contributed by atoms with Gasteiger partial charge in [-0.1, -0.05) is 42.5 Å². The van der Waals surface area contributed by atoms with Crippen molar-refractivity contribution in [3.05, 3.63) is 84.2 Å². The van der Waals surface area contributed by atoms with Gasteiger partial charge < -0.3 is 9.64 Å². The van der Waals surface area contributed by atoms with Crippen LogP contribution in [0.25, 0.3) is 0 Å². The number of hydrogen-bond donors (Lipinski definition) is 0. The number of para-hydroxylation sites is 2. The third-order valence-electron chi connectivity index (χ3n) is 3.56. The fourth-order valence-corrected chi connectivity index (χ4v) is 2.29. The minimum Gasteiger partial charge on any atom is -0.487 e. The van der Waals surface area contributed by atoms with Crippen LogP contribution in [0.1, 0.15) is 16.1 Å². The van der Waals surface area contributed by atoms with Crippen LogP contribution >= 0.6 is 0 Å². The van der Waals surface area contributed by atoms with Crippen molar-refractivity contribution >= 4 is 11.6 Å². The number of carbonyl (C=O) groups is 1. The van der Waals surface area contributed by atoms with Gasteiger partial charge in [-0.05, 0) is 29.8 Å². The molecule has 5 nitrogen and oxygen atoms in total. The minimum atomic E-state index is -0.237. The van der Waals surface area contributed by atoms with Crippen LogP contribution in [0.2, 0.25) is 0 Å². The number of aromatic nitrogens is 2. The highest BCUT2D eigenvalue weighted by Gasteiger charge is 2.18. The Bertz CT molecular complexity index is 807. The van der Waals surface area contributed by atoms with Crippen LogP contribution < -0.4 is 9.64 Å². The number of carbonyl (C=O) groups excluding carboxylic acids is 1. The van der Waals surface area contributed by atoms with Crippen molar-refractivity contribution in [2.24, 2.45) is 0 Å². The SMILES string of the molecule is CN(C(=O)c1cccnn1)c1ccccc1OCc1ccccc1. The summed E-state index contributed by atoms with van der Waals surface area (Å²) in [6.45, 7) is 0.436. The van der Waals surface area contributed by atoms with Crippen molar-refractivity contribution < 1.29 is 9.53 Å². The zero-order valence-corrected chi connectivity index (χ0v) is 13.3. The summed E-state index contributed by atoms with van der Waals surface area (Å²) >= 11 is 0. The van der Waals surface area contributed by atoms with Gasteiger partial charge >= 0.3 is 0 Å². The third-order valence-corrected chi connectivity index (χ3v) is 3.56. The average Bonchev–Trinajstić information content (AvgIpc) is 2.67. The molecule has 0 saturated heterocycles. The monoisotopic (exact) mass is 319 g/mol. The fraction of sp³-hybridized carbons (Fsp3) is 0.105.